The molecular formula is C15H25NO5. The maximum absolute atomic E-state index is 11.8. The van der Waals surface area contributed by atoms with Crippen LogP contribution in [0.2, 0.25) is 0 Å². The minimum Gasteiger partial charge on any atom is -0.469 e. The molecule has 0 radical (unpaired) electrons. The Morgan fingerprint density at radius 1 is 1.38 bits per heavy atom. The van der Waals surface area contributed by atoms with Crippen molar-refractivity contribution in [2.45, 2.75) is 45.8 Å². The zero-order chi connectivity index (χ0) is 16.0. The van der Waals surface area contributed by atoms with Crippen LogP contribution in [0.1, 0.15) is 34.1 Å². The van der Waals surface area contributed by atoms with E-state index in [-0.39, 0.29) is 17.9 Å². The zero-order valence-electron chi connectivity index (χ0n) is 13.4. The van der Waals surface area contributed by atoms with Gasteiger partial charge >= 0.3 is 12.1 Å². The molecule has 1 unspecified atom stereocenters. The number of amides is 1. The number of hydrogen-bond acceptors (Lipinski definition) is 5. The summed E-state index contributed by atoms with van der Waals surface area (Å²) in [5.41, 5.74) is 0.284. The molecule has 1 amide bonds. The number of alkyl carbamates (subject to hydrolysis) is 1. The average Bonchev–Trinajstić information content (AvgIpc) is 2.75. The van der Waals surface area contributed by atoms with E-state index in [0.717, 1.165) is 5.57 Å². The minimum absolute atomic E-state index is 0.251. The Kier molecular flexibility index (Phi) is 6.20. The lowest BCUT2D eigenvalue weighted by Gasteiger charge is -2.21. The van der Waals surface area contributed by atoms with E-state index in [1.165, 1.54) is 7.11 Å². The van der Waals surface area contributed by atoms with Crippen LogP contribution in [0, 0.1) is 5.92 Å². The van der Waals surface area contributed by atoms with Crippen molar-refractivity contribution in [1.29, 1.82) is 0 Å². The molecule has 1 aliphatic rings. The Bertz CT molecular complexity index is 411. The molecule has 1 rings (SSSR count). The summed E-state index contributed by atoms with van der Waals surface area (Å²) in [5.74, 6) is -0.684. The zero-order valence-corrected chi connectivity index (χ0v) is 13.4. The van der Waals surface area contributed by atoms with Crippen LogP contribution in [0.4, 0.5) is 4.79 Å². The fourth-order valence-electron chi connectivity index (χ4n) is 2.17. The van der Waals surface area contributed by atoms with Crippen LogP contribution in [0.15, 0.2) is 11.6 Å². The summed E-state index contributed by atoms with van der Waals surface area (Å²) in [6, 6.07) is -0.251. The van der Waals surface area contributed by atoms with Gasteiger partial charge in [-0.2, -0.15) is 0 Å². The molecule has 0 saturated carbocycles. The van der Waals surface area contributed by atoms with Crippen LogP contribution >= 0.6 is 0 Å². The molecule has 0 fully saturated rings. The molecule has 120 valence electrons. The second kappa shape index (κ2) is 7.45. The van der Waals surface area contributed by atoms with E-state index in [1.807, 2.05) is 13.0 Å². The van der Waals surface area contributed by atoms with Crippen molar-refractivity contribution in [3.63, 3.8) is 0 Å². The van der Waals surface area contributed by atoms with Gasteiger partial charge in [-0.1, -0.05) is 6.08 Å². The number of methoxy groups -OCH3 is 1. The smallest absolute Gasteiger partial charge is 0.408 e. The molecule has 6 nitrogen and oxygen atoms in total. The molecule has 0 saturated heterocycles. The normalized spacial score (nSPS) is 21.7. The lowest BCUT2D eigenvalue weighted by molar-refractivity contribution is -0.144. The summed E-state index contributed by atoms with van der Waals surface area (Å²) >= 11 is 0. The summed E-state index contributed by atoms with van der Waals surface area (Å²) in [4.78, 5) is 23.6. The van der Waals surface area contributed by atoms with Crippen LogP contribution in [-0.4, -0.2) is 44.0 Å². The molecule has 0 aromatic carbocycles. The molecule has 21 heavy (non-hydrogen) atoms. The molecule has 1 aliphatic carbocycles. The first-order chi connectivity index (χ1) is 9.76. The first kappa shape index (κ1) is 17.5. The lowest BCUT2D eigenvalue weighted by Crippen LogP contribution is -2.38. The quantitative estimate of drug-likeness (QED) is 0.621. The maximum atomic E-state index is 11.8. The molecule has 6 heteroatoms. The van der Waals surface area contributed by atoms with Crippen molar-refractivity contribution < 1.29 is 23.8 Å². The van der Waals surface area contributed by atoms with Crippen molar-refractivity contribution in [2.75, 3.05) is 20.3 Å². The van der Waals surface area contributed by atoms with Gasteiger partial charge in [0, 0.05) is 6.61 Å². The Morgan fingerprint density at radius 2 is 2.05 bits per heavy atom. The predicted molar refractivity (Wildman–Crippen MR) is 77.9 cm³/mol. The second-order valence-electron chi connectivity index (χ2n) is 5.94. The Morgan fingerprint density at radius 3 is 2.57 bits per heavy atom. The fraction of sp³-hybridized carbons (Fsp3) is 0.733. The van der Waals surface area contributed by atoms with Gasteiger partial charge in [0.05, 0.1) is 25.7 Å². The van der Waals surface area contributed by atoms with E-state index in [2.05, 4.69) is 5.32 Å². The topological polar surface area (TPSA) is 73.9 Å². The summed E-state index contributed by atoms with van der Waals surface area (Å²) in [7, 11) is 1.36. The van der Waals surface area contributed by atoms with Crippen LogP contribution in [0.25, 0.3) is 0 Å². The first-order valence-corrected chi connectivity index (χ1v) is 7.12. The van der Waals surface area contributed by atoms with Gasteiger partial charge in [-0.15, -0.1) is 0 Å². The number of nitrogens with one attached hydrogen (secondary N) is 1. The third kappa shape index (κ3) is 5.75. The average molecular weight is 299 g/mol. The molecule has 0 spiro atoms. The standard InChI is InChI=1S/C15H25NO5/c1-6-20-9-10-7-11(8-12(10)13(17)19-5)16-14(18)21-15(2,3)4/h7,11-12H,6,8-9H2,1-5H3,(H,16,18)/t11-,12?/m1/s1. The number of ether oxygens (including phenoxy) is 3. The second-order valence-corrected chi connectivity index (χ2v) is 5.94. The molecule has 1 N–H and O–H groups in total. The summed E-state index contributed by atoms with van der Waals surface area (Å²) in [6.07, 6.45) is 1.82. The van der Waals surface area contributed by atoms with E-state index in [4.69, 9.17) is 14.2 Å². The van der Waals surface area contributed by atoms with Gasteiger partial charge in [-0.25, -0.2) is 4.79 Å². The third-order valence-electron chi connectivity index (χ3n) is 3.01. The van der Waals surface area contributed by atoms with E-state index >= 15 is 0 Å². The van der Waals surface area contributed by atoms with Crippen LogP contribution in [0.3, 0.4) is 0 Å². The highest BCUT2D eigenvalue weighted by Gasteiger charge is 2.34. The highest BCUT2D eigenvalue weighted by Crippen LogP contribution is 2.28. The monoisotopic (exact) mass is 299 g/mol. The van der Waals surface area contributed by atoms with Gasteiger partial charge in [0.25, 0.3) is 0 Å². The predicted octanol–water partition coefficient (Wildman–Crippen LogP) is 2.04. The van der Waals surface area contributed by atoms with Crippen LogP contribution in [0.5, 0.6) is 0 Å². The van der Waals surface area contributed by atoms with Crippen LogP contribution < -0.4 is 5.32 Å². The third-order valence-corrected chi connectivity index (χ3v) is 3.01. The molecule has 0 aromatic rings. The summed E-state index contributed by atoms with van der Waals surface area (Å²) < 4.78 is 15.4. The van der Waals surface area contributed by atoms with Crippen molar-refractivity contribution in [1.82, 2.24) is 5.32 Å². The summed E-state index contributed by atoms with van der Waals surface area (Å²) in [5, 5.41) is 2.75. The van der Waals surface area contributed by atoms with Gasteiger partial charge < -0.3 is 19.5 Å². The van der Waals surface area contributed by atoms with E-state index in [0.29, 0.717) is 19.6 Å². The lowest BCUT2D eigenvalue weighted by atomic mass is 10.0. The van der Waals surface area contributed by atoms with Crippen molar-refractivity contribution in [2.24, 2.45) is 5.92 Å². The van der Waals surface area contributed by atoms with Crippen molar-refractivity contribution in [3.05, 3.63) is 11.6 Å². The van der Waals surface area contributed by atoms with Gasteiger partial charge in [-0.3, -0.25) is 4.79 Å². The van der Waals surface area contributed by atoms with E-state index < -0.39 is 11.7 Å². The number of rotatable bonds is 5. The summed E-state index contributed by atoms with van der Waals surface area (Å²) in [6.45, 7) is 8.22. The minimum atomic E-state index is -0.553. The van der Waals surface area contributed by atoms with E-state index in [1.54, 1.807) is 20.8 Å². The van der Waals surface area contributed by atoms with Gasteiger partial charge in [0.2, 0.25) is 0 Å². The SMILES string of the molecule is CCOCC1=C[C@@H](NC(=O)OC(C)(C)C)CC1C(=O)OC. The fourth-order valence-corrected chi connectivity index (χ4v) is 2.17. The number of carbonyl (C=O) groups is 2. The molecule has 2 atom stereocenters. The van der Waals surface area contributed by atoms with E-state index in [9.17, 15) is 9.59 Å². The number of esters is 1. The molecule has 0 bridgehead atoms. The Balaban J connectivity index is 2.66. The highest BCUT2D eigenvalue weighted by atomic mass is 16.6. The van der Waals surface area contributed by atoms with Crippen molar-refractivity contribution in [3.8, 4) is 0 Å². The van der Waals surface area contributed by atoms with Crippen molar-refractivity contribution >= 4 is 12.1 Å². The molecule has 0 aliphatic heterocycles. The maximum Gasteiger partial charge on any atom is 0.408 e. The van der Waals surface area contributed by atoms with Gasteiger partial charge in [-0.05, 0) is 39.7 Å². The van der Waals surface area contributed by atoms with Crippen LogP contribution in [-0.2, 0) is 19.0 Å². The van der Waals surface area contributed by atoms with Gasteiger partial charge in [0.1, 0.15) is 5.60 Å². The molecule has 0 heterocycles. The number of carbonyl (C=O) groups excluding carboxylic acids is 2. The Hall–Kier alpha value is -1.56. The number of hydrogen-bond donors (Lipinski definition) is 1. The molecule has 0 aromatic heterocycles. The largest absolute Gasteiger partial charge is 0.469 e. The Labute approximate surface area is 125 Å². The first-order valence-electron chi connectivity index (χ1n) is 7.12. The highest BCUT2D eigenvalue weighted by molar-refractivity contribution is 5.77. The molecular weight excluding hydrogens is 274 g/mol. The van der Waals surface area contributed by atoms with Gasteiger partial charge in [0.15, 0.2) is 0 Å².